The highest BCUT2D eigenvalue weighted by Crippen LogP contribution is 2.13. The van der Waals surface area contributed by atoms with Crippen molar-refractivity contribution in [2.45, 2.75) is 122 Å². The van der Waals surface area contributed by atoms with Crippen LogP contribution in [0.2, 0.25) is 0 Å². The molecule has 0 aromatic rings. The van der Waals surface area contributed by atoms with Crippen molar-refractivity contribution in [3.05, 3.63) is 0 Å². The van der Waals surface area contributed by atoms with Gasteiger partial charge in [0.25, 0.3) is 0 Å². The van der Waals surface area contributed by atoms with E-state index >= 15 is 0 Å². The van der Waals surface area contributed by atoms with E-state index in [1.54, 1.807) is 0 Å². The summed E-state index contributed by atoms with van der Waals surface area (Å²) in [7, 11) is -3.58. The van der Waals surface area contributed by atoms with Crippen molar-refractivity contribution in [1.82, 2.24) is 10.1 Å². The zero-order chi connectivity index (χ0) is 22.5. The first-order valence-corrected chi connectivity index (χ1v) is 13.6. The van der Waals surface area contributed by atoms with Crippen LogP contribution in [0.25, 0.3) is 0 Å². The van der Waals surface area contributed by atoms with Crippen molar-refractivity contribution in [3.8, 4) is 0 Å². The minimum Gasteiger partial charge on any atom is -0.294 e. The average molecular weight is 448 g/mol. The van der Waals surface area contributed by atoms with Crippen molar-refractivity contribution < 1.29 is 18.0 Å². The van der Waals surface area contributed by atoms with Crippen LogP contribution >= 0.6 is 0 Å². The Morgan fingerprint density at radius 3 is 1.50 bits per heavy atom. The largest absolute Gasteiger partial charge is 0.294 e. The molecule has 0 aliphatic rings. The van der Waals surface area contributed by atoms with Crippen LogP contribution in [0.1, 0.15) is 122 Å². The van der Waals surface area contributed by atoms with Gasteiger partial charge in [-0.05, 0) is 19.3 Å². The van der Waals surface area contributed by atoms with Crippen molar-refractivity contribution in [3.63, 3.8) is 0 Å². The Bertz CT molecular complexity index is 539. The minimum atomic E-state index is -3.58. The van der Waals surface area contributed by atoms with Crippen molar-refractivity contribution in [2.24, 2.45) is 5.84 Å². The molecule has 0 bridgehead atoms. The van der Waals surface area contributed by atoms with Gasteiger partial charge in [-0.15, -0.1) is 0 Å². The number of rotatable bonds is 21. The van der Waals surface area contributed by atoms with Crippen LogP contribution in [-0.4, -0.2) is 26.0 Å². The Balaban J connectivity index is 3.51. The van der Waals surface area contributed by atoms with Gasteiger partial charge in [0.05, 0.1) is 5.75 Å². The smallest absolute Gasteiger partial charge is 0.234 e. The first-order valence-electron chi connectivity index (χ1n) is 11.9. The highest BCUT2D eigenvalue weighted by Gasteiger charge is 2.14. The molecule has 0 aromatic heterocycles. The standard InChI is InChI=1S/C22H45N3O4S/c1-2-3-4-5-6-7-8-9-10-11-12-13-15-19-22(27)25-30(28,29)20-17-14-16-18-21(26)24-23/h2-20,23H2,1H3,(H,24,26)(H,25,27). The number of carbonyl (C=O) groups is 2. The summed E-state index contributed by atoms with van der Waals surface area (Å²) in [5.41, 5.74) is 2.04. The SMILES string of the molecule is CCCCCCCCCCCCCCCC(=O)NS(=O)(=O)CCCCCC(=O)NN. The summed E-state index contributed by atoms with van der Waals surface area (Å²) in [6.07, 6.45) is 18.1. The van der Waals surface area contributed by atoms with E-state index in [-0.39, 0.29) is 24.5 Å². The summed E-state index contributed by atoms with van der Waals surface area (Å²) < 4.78 is 25.9. The van der Waals surface area contributed by atoms with E-state index in [1.165, 1.54) is 64.2 Å². The van der Waals surface area contributed by atoms with E-state index in [0.717, 1.165) is 19.3 Å². The lowest BCUT2D eigenvalue weighted by Crippen LogP contribution is -2.32. The van der Waals surface area contributed by atoms with Gasteiger partial charge < -0.3 is 0 Å². The number of nitrogens with one attached hydrogen (secondary N) is 2. The van der Waals surface area contributed by atoms with E-state index in [0.29, 0.717) is 19.3 Å². The van der Waals surface area contributed by atoms with E-state index < -0.39 is 15.9 Å². The fraction of sp³-hybridized carbons (Fsp3) is 0.909. The van der Waals surface area contributed by atoms with Gasteiger partial charge in [-0.3, -0.25) is 19.7 Å². The lowest BCUT2D eigenvalue weighted by molar-refractivity contribution is -0.121. The first kappa shape index (κ1) is 28.9. The van der Waals surface area contributed by atoms with Gasteiger partial charge in [0.1, 0.15) is 0 Å². The molecule has 178 valence electrons. The topological polar surface area (TPSA) is 118 Å². The molecule has 0 spiro atoms. The zero-order valence-electron chi connectivity index (χ0n) is 19.1. The number of hydrazine groups is 1. The fourth-order valence-corrected chi connectivity index (χ4v) is 4.54. The maximum atomic E-state index is 11.9. The molecule has 0 aliphatic heterocycles. The molecule has 2 amide bonds. The molecule has 0 aliphatic carbocycles. The number of amides is 2. The average Bonchev–Trinajstić information content (AvgIpc) is 2.70. The van der Waals surface area contributed by atoms with Gasteiger partial charge in [0.15, 0.2) is 0 Å². The van der Waals surface area contributed by atoms with Crippen molar-refractivity contribution >= 4 is 21.8 Å². The number of hydrogen-bond donors (Lipinski definition) is 3. The third-order valence-electron chi connectivity index (χ3n) is 5.25. The zero-order valence-corrected chi connectivity index (χ0v) is 19.9. The van der Waals surface area contributed by atoms with E-state index in [9.17, 15) is 18.0 Å². The second-order valence-electron chi connectivity index (χ2n) is 8.21. The molecule has 0 atom stereocenters. The molecule has 0 rings (SSSR count). The Morgan fingerprint density at radius 2 is 1.03 bits per heavy atom. The van der Waals surface area contributed by atoms with Crippen molar-refractivity contribution in [2.75, 3.05) is 5.75 Å². The van der Waals surface area contributed by atoms with E-state index in [4.69, 9.17) is 5.84 Å². The minimum absolute atomic E-state index is 0.0956. The van der Waals surface area contributed by atoms with Gasteiger partial charge in [-0.25, -0.2) is 14.3 Å². The summed E-state index contributed by atoms with van der Waals surface area (Å²) in [6.45, 7) is 2.24. The molecule has 0 radical (unpaired) electrons. The molecule has 0 unspecified atom stereocenters. The van der Waals surface area contributed by atoms with Crippen LogP contribution in [0.5, 0.6) is 0 Å². The lowest BCUT2D eigenvalue weighted by Gasteiger charge is -2.07. The summed E-state index contributed by atoms with van der Waals surface area (Å²) in [5.74, 6) is 4.20. The molecule has 8 heteroatoms. The molecule has 0 saturated heterocycles. The predicted octanol–water partition coefficient (Wildman–Crippen LogP) is 4.46. The second kappa shape index (κ2) is 19.8. The van der Waals surface area contributed by atoms with Crippen LogP contribution in [0.15, 0.2) is 0 Å². The van der Waals surface area contributed by atoms with Crippen LogP contribution in [0.4, 0.5) is 0 Å². The molecule has 0 saturated carbocycles. The Hall–Kier alpha value is -1.15. The maximum absolute atomic E-state index is 11.9. The molecule has 0 fully saturated rings. The van der Waals surface area contributed by atoms with Crippen LogP contribution < -0.4 is 16.0 Å². The van der Waals surface area contributed by atoms with Gasteiger partial charge in [0.2, 0.25) is 21.8 Å². The molecule has 4 N–H and O–H groups in total. The normalized spacial score (nSPS) is 11.4. The highest BCUT2D eigenvalue weighted by atomic mass is 32.2. The number of nitrogens with two attached hydrogens (primary N) is 1. The number of hydrogen-bond acceptors (Lipinski definition) is 5. The fourth-order valence-electron chi connectivity index (χ4n) is 3.41. The van der Waals surface area contributed by atoms with Crippen LogP contribution in [0.3, 0.4) is 0 Å². The van der Waals surface area contributed by atoms with Gasteiger partial charge in [-0.1, -0.05) is 90.4 Å². The van der Waals surface area contributed by atoms with Crippen LogP contribution in [0, 0.1) is 0 Å². The molecule has 0 heterocycles. The van der Waals surface area contributed by atoms with Crippen molar-refractivity contribution in [1.29, 1.82) is 0 Å². The Kier molecular flexibility index (Phi) is 19.0. The predicted molar refractivity (Wildman–Crippen MR) is 123 cm³/mol. The molecule has 7 nitrogen and oxygen atoms in total. The molecule has 0 aromatic carbocycles. The Labute approximate surface area is 184 Å². The van der Waals surface area contributed by atoms with Gasteiger partial charge in [-0.2, -0.15) is 0 Å². The molecular weight excluding hydrogens is 402 g/mol. The summed E-state index contributed by atoms with van der Waals surface area (Å²) in [5, 5.41) is 0. The monoisotopic (exact) mass is 447 g/mol. The maximum Gasteiger partial charge on any atom is 0.234 e. The Morgan fingerprint density at radius 1 is 0.633 bits per heavy atom. The highest BCUT2D eigenvalue weighted by molar-refractivity contribution is 7.90. The summed E-state index contributed by atoms with van der Waals surface area (Å²) in [4.78, 5) is 22.8. The quantitative estimate of drug-likeness (QED) is 0.104. The van der Waals surface area contributed by atoms with E-state index in [1.807, 2.05) is 5.43 Å². The third kappa shape index (κ3) is 20.1. The summed E-state index contributed by atoms with van der Waals surface area (Å²) in [6, 6.07) is 0. The first-order chi connectivity index (χ1) is 14.4. The number of carbonyl (C=O) groups excluding carboxylic acids is 2. The second-order valence-corrected chi connectivity index (χ2v) is 10.1. The van der Waals surface area contributed by atoms with Crippen LogP contribution in [-0.2, 0) is 19.6 Å². The number of unbranched alkanes of at least 4 members (excludes halogenated alkanes) is 14. The number of sulfonamides is 1. The lowest BCUT2D eigenvalue weighted by atomic mass is 10.0. The van der Waals surface area contributed by atoms with E-state index in [2.05, 4.69) is 11.6 Å². The molecular formula is C22H45N3O4S. The van der Waals surface area contributed by atoms with Gasteiger partial charge >= 0.3 is 0 Å². The summed E-state index contributed by atoms with van der Waals surface area (Å²) >= 11 is 0. The third-order valence-corrected chi connectivity index (χ3v) is 6.62. The molecule has 30 heavy (non-hydrogen) atoms. The van der Waals surface area contributed by atoms with Gasteiger partial charge in [0, 0.05) is 12.8 Å².